The molecule has 2 unspecified atom stereocenters. The number of fused-ring (bicyclic) bond motifs is 3. The normalized spacial score (nSPS) is 18.7. The number of hydrogen-bond donors (Lipinski definition) is 0. The first-order chi connectivity index (χ1) is 15.1. The lowest BCUT2D eigenvalue weighted by Gasteiger charge is -2.18. The van der Waals surface area contributed by atoms with E-state index < -0.39 is 21.3 Å². The third-order valence-corrected chi connectivity index (χ3v) is 7.89. The van der Waals surface area contributed by atoms with E-state index in [1.54, 1.807) is 19.2 Å². The Kier molecular flexibility index (Phi) is 4.94. The van der Waals surface area contributed by atoms with Crippen molar-refractivity contribution in [2.24, 2.45) is 0 Å². The zero-order valence-electron chi connectivity index (χ0n) is 17.0. The van der Waals surface area contributed by atoms with Gasteiger partial charge < -0.3 is 4.74 Å². The monoisotopic (exact) mass is 431 g/mol. The van der Waals surface area contributed by atoms with Crippen molar-refractivity contribution in [2.45, 2.75) is 23.5 Å². The van der Waals surface area contributed by atoms with Crippen molar-refractivity contribution < 1.29 is 18.5 Å². The molecule has 5 rings (SSSR count). The molecule has 6 heteroatoms. The van der Waals surface area contributed by atoms with Crippen LogP contribution in [-0.2, 0) is 26.9 Å². The quantitative estimate of drug-likeness (QED) is 0.576. The van der Waals surface area contributed by atoms with Crippen molar-refractivity contribution in [3.63, 3.8) is 0 Å². The van der Waals surface area contributed by atoms with E-state index in [1.807, 2.05) is 60.7 Å². The summed E-state index contributed by atoms with van der Waals surface area (Å²) < 4.78 is 18.9. The number of ether oxygens (including phenoxy) is 1. The van der Waals surface area contributed by atoms with E-state index >= 15 is 0 Å². The number of benzene rings is 3. The van der Waals surface area contributed by atoms with Crippen LogP contribution < -0.4 is 4.74 Å². The third kappa shape index (κ3) is 3.27. The van der Waals surface area contributed by atoms with Crippen LogP contribution in [-0.4, -0.2) is 33.3 Å². The Morgan fingerprint density at radius 1 is 0.903 bits per heavy atom. The summed E-state index contributed by atoms with van der Waals surface area (Å²) in [5.41, 5.74) is 4.82. The summed E-state index contributed by atoms with van der Waals surface area (Å²) in [6.45, 7) is 0.174. The van der Waals surface area contributed by atoms with E-state index in [2.05, 4.69) is 0 Å². The van der Waals surface area contributed by atoms with Gasteiger partial charge in [0.25, 0.3) is 0 Å². The minimum Gasteiger partial charge on any atom is -0.497 e. The number of rotatable bonds is 5. The highest BCUT2D eigenvalue weighted by Crippen LogP contribution is 2.47. The second-order valence-corrected chi connectivity index (χ2v) is 9.44. The average Bonchev–Trinajstić information content (AvgIpc) is 3.29. The molecule has 1 heterocycles. The van der Waals surface area contributed by atoms with Crippen molar-refractivity contribution in [3.8, 4) is 16.9 Å². The van der Waals surface area contributed by atoms with E-state index in [-0.39, 0.29) is 24.8 Å². The Hall–Kier alpha value is -3.25. The molecular weight excluding hydrogens is 410 g/mol. The lowest BCUT2D eigenvalue weighted by molar-refractivity contribution is -0.138. The van der Waals surface area contributed by atoms with Gasteiger partial charge in [0.05, 0.1) is 25.3 Å². The van der Waals surface area contributed by atoms with Crippen LogP contribution in [0, 0.1) is 0 Å². The first kappa shape index (κ1) is 19.7. The predicted molar refractivity (Wildman–Crippen MR) is 119 cm³/mol. The SMILES string of the molecule is COc1ccc(CN2C(=O)CC(S(=O)C3c4ccccc4-c4ccccc43)C2=O)cc1. The Morgan fingerprint density at radius 2 is 1.48 bits per heavy atom. The molecule has 1 saturated heterocycles. The Morgan fingerprint density at radius 3 is 2.06 bits per heavy atom. The highest BCUT2D eigenvalue weighted by molar-refractivity contribution is 7.87. The maximum absolute atomic E-state index is 13.7. The zero-order valence-corrected chi connectivity index (χ0v) is 17.8. The summed E-state index contributed by atoms with van der Waals surface area (Å²) in [6.07, 6.45) is -0.0254. The number of carbonyl (C=O) groups is 2. The molecule has 0 saturated carbocycles. The molecule has 156 valence electrons. The summed E-state index contributed by atoms with van der Waals surface area (Å²) in [4.78, 5) is 27.1. The second-order valence-electron chi connectivity index (χ2n) is 7.74. The lowest BCUT2D eigenvalue weighted by atomic mass is 10.1. The number of imide groups is 1. The number of amides is 2. The minimum atomic E-state index is -1.56. The average molecular weight is 432 g/mol. The van der Waals surface area contributed by atoms with Crippen molar-refractivity contribution in [2.75, 3.05) is 7.11 Å². The van der Waals surface area contributed by atoms with Crippen molar-refractivity contribution >= 4 is 22.6 Å². The summed E-state index contributed by atoms with van der Waals surface area (Å²) in [5.74, 6) is 0.0696. The van der Waals surface area contributed by atoms with Crippen LogP contribution in [0.5, 0.6) is 5.75 Å². The van der Waals surface area contributed by atoms with Gasteiger partial charge in [-0.2, -0.15) is 0 Å². The fourth-order valence-corrected chi connectivity index (χ4v) is 6.31. The standard InChI is InChI=1S/C25H21NO4S/c1-30-17-12-10-16(11-13-17)15-26-23(27)14-22(25(26)28)31(29)24-20-8-4-2-6-18(20)19-7-3-5-9-21(19)24/h2-13,22,24H,14-15H2,1H3. The molecule has 1 aliphatic heterocycles. The molecule has 2 amide bonds. The molecule has 0 bridgehead atoms. The molecule has 0 radical (unpaired) electrons. The maximum Gasteiger partial charge on any atom is 0.245 e. The van der Waals surface area contributed by atoms with Gasteiger partial charge >= 0.3 is 0 Å². The van der Waals surface area contributed by atoms with Gasteiger partial charge in [-0.3, -0.25) is 18.7 Å². The first-order valence-corrected chi connectivity index (χ1v) is 11.4. The first-order valence-electron chi connectivity index (χ1n) is 10.1. The van der Waals surface area contributed by atoms with Crippen molar-refractivity contribution in [1.29, 1.82) is 0 Å². The Bertz CT molecular complexity index is 1160. The third-order valence-electron chi connectivity index (χ3n) is 5.99. The van der Waals surface area contributed by atoms with Crippen LogP contribution in [0.4, 0.5) is 0 Å². The molecule has 1 aliphatic carbocycles. The fourth-order valence-electron chi connectivity index (χ4n) is 4.44. The van der Waals surface area contributed by atoms with Gasteiger partial charge in [-0.05, 0) is 39.9 Å². The summed E-state index contributed by atoms with van der Waals surface area (Å²) in [7, 11) is 0.0250. The van der Waals surface area contributed by atoms with Gasteiger partial charge in [0.2, 0.25) is 11.8 Å². The molecule has 5 nitrogen and oxygen atoms in total. The minimum absolute atomic E-state index is 0.0254. The predicted octanol–water partition coefficient (Wildman–Crippen LogP) is 3.84. The van der Waals surface area contributed by atoms with Crippen LogP contribution in [0.3, 0.4) is 0 Å². The van der Waals surface area contributed by atoms with E-state index in [0.717, 1.165) is 27.8 Å². The van der Waals surface area contributed by atoms with Crippen LogP contribution in [0.15, 0.2) is 72.8 Å². The van der Waals surface area contributed by atoms with E-state index in [4.69, 9.17) is 4.74 Å². The summed E-state index contributed by atoms with van der Waals surface area (Å²) in [6, 6.07) is 23.0. The zero-order chi connectivity index (χ0) is 21.5. The Balaban J connectivity index is 1.43. The summed E-state index contributed by atoms with van der Waals surface area (Å²) >= 11 is 0. The second kappa shape index (κ2) is 7.78. The molecule has 0 aromatic heterocycles. The van der Waals surface area contributed by atoms with Crippen LogP contribution in [0.2, 0.25) is 0 Å². The number of nitrogens with zero attached hydrogens (tertiary/aromatic N) is 1. The molecule has 0 spiro atoms. The molecule has 2 aliphatic rings. The number of carbonyl (C=O) groups excluding carboxylic acids is 2. The summed E-state index contributed by atoms with van der Waals surface area (Å²) in [5, 5.41) is -1.25. The van der Waals surface area contributed by atoms with Gasteiger partial charge in [0, 0.05) is 10.8 Å². The number of hydrogen-bond acceptors (Lipinski definition) is 4. The van der Waals surface area contributed by atoms with Gasteiger partial charge in [-0.15, -0.1) is 0 Å². The molecule has 31 heavy (non-hydrogen) atoms. The topological polar surface area (TPSA) is 63.7 Å². The molecular formula is C25H21NO4S. The van der Waals surface area contributed by atoms with Crippen LogP contribution in [0.25, 0.3) is 11.1 Å². The van der Waals surface area contributed by atoms with Gasteiger partial charge in [-0.25, -0.2) is 0 Å². The Labute approximate surface area is 183 Å². The highest BCUT2D eigenvalue weighted by atomic mass is 32.2. The maximum atomic E-state index is 13.7. The molecule has 0 N–H and O–H groups in total. The highest BCUT2D eigenvalue weighted by Gasteiger charge is 2.46. The molecule has 3 aromatic carbocycles. The van der Waals surface area contributed by atoms with E-state index in [0.29, 0.717) is 5.75 Å². The number of likely N-dealkylation sites (tertiary alicyclic amines) is 1. The molecule has 2 atom stereocenters. The number of methoxy groups -OCH3 is 1. The van der Waals surface area contributed by atoms with Crippen molar-refractivity contribution in [3.05, 3.63) is 89.5 Å². The van der Waals surface area contributed by atoms with E-state index in [9.17, 15) is 13.8 Å². The fraction of sp³-hybridized carbons (Fsp3) is 0.200. The largest absolute Gasteiger partial charge is 0.497 e. The lowest BCUT2D eigenvalue weighted by Crippen LogP contribution is -2.34. The van der Waals surface area contributed by atoms with Gasteiger partial charge in [0.1, 0.15) is 11.0 Å². The van der Waals surface area contributed by atoms with Crippen LogP contribution in [0.1, 0.15) is 28.4 Å². The molecule has 1 fully saturated rings. The van der Waals surface area contributed by atoms with E-state index in [1.165, 1.54) is 4.90 Å². The smallest absolute Gasteiger partial charge is 0.245 e. The molecule has 3 aromatic rings. The van der Waals surface area contributed by atoms with Crippen molar-refractivity contribution in [1.82, 2.24) is 4.90 Å². The van der Waals surface area contributed by atoms with Crippen LogP contribution >= 0.6 is 0 Å². The van der Waals surface area contributed by atoms with Gasteiger partial charge in [0.15, 0.2) is 0 Å². The van der Waals surface area contributed by atoms with Gasteiger partial charge in [-0.1, -0.05) is 60.7 Å².